The Morgan fingerprint density at radius 1 is 1.24 bits per heavy atom. The summed E-state index contributed by atoms with van der Waals surface area (Å²) in [7, 11) is -0.377. The highest BCUT2D eigenvalue weighted by molar-refractivity contribution is 6.62. The van der Waals surface area contributed by atoms with Crippen LogP contribution in [-0.4, -0.2) is 55.6 Å². The molecule has 1 aromatic rings. The predicted octanol–water partition coefficient (Wildman–Crippen LogP) is 2.80. The summed E-state index contributed by atoms with van der Waals surface area (Å²) in [4.78, 5) is 2.27. The lowest BCUT2D eigenvalue weighted by molar-refractivity contribution is 0.00578. The summed E-state index contributed by atoms with van der Waals surface area (Å²) in [5.74, 6) is 0.838. The molecule has 138 valence electrons. The van der Waals surface area contributed by atoms with Crippen molar-refractivity contribution in [3.63, 3.8) is 0 Å². The van der Waals surface area contributed by atoms with E-state index in [4.69, 9.17) is 14.0 Å². The highest BCUT2D eigenvalue weighted by Crippen LogP contribution is 2.36. The van der Waals surface area contributed by atoms with E-state index >= 15 is 0 Å². The van der Waals surface area contributed by atoms with Crippen molar-refractivity contribution in [3.8, 4) is 5.75 Å². The van der Waals surface area contributed by atoms with Crippen LogP contribution in [0.25, 0.3) is 0 Å². The molecule has 0 amide bonds. The van der Waals surface area contributed by atoms with E-state index in [9.17, 15) is 4.39 Å². The molecule has 0 N–H and O–H groups in total. The predicted molar refractivity (Wildman–Crippen MR) is 98.2 cm³/mol. The smallest absolute Gasteiger partial charge is 0.489 e. The highest BCUT2D eigenvalue weighted by atomic mass is 19.1. The van der Waals surface area contributed by atoms with Crippen LogP contribution in [0, 0.1) is 0 Å². The van der Waals surface area contributed by atoms with E-state index in [1.807, 2.05) is 24.3 Å². The zero-order valence-electron chi connectivity index (χ0n) is 15.8. The molecule has 2 saturated heterocycles. The molecule has 1 aromatic carbocycles. The molecule has 2 fully saturated rings. The minimum atomic E-state index is -0.377. The van der Waals surface area contributed by atoms with Gasteiger partial charge in [-0.05, 0) is 58.1 Å². The van der Waals surface area contributed by atoms with Gasteiger partial charge in [0.05, 0.1) is 17.9 Å². The molecule has 6 heteroatoms. The summed E-state index contributed by atoms with van der Waals surface area (Å²) in [6.45, 7) is 10.6. The average Bonchev–Trinajstić information content (AvgIpc) is 3.07. The van der Waals surface area contributed by atoms with Crippen LogP contribution in [0.15, 0.2) is 24.3 Å². The van der Waals surface area contributed by atoms with Gasteiger partial charge < -0.3 is 14.0 Å². The van der Waals surface area contributed by atoms with Gasteiger partial charge in [-0.15, -0.1) is 0 Å². The second-order valence-electron chi connectivity index (χ2n) is 8.03. The van der Waals surface area contributed by atoms with Crippen LogP contribution in [0.3, 0.4) is 0 Å². The van der Waals surface area contributed by atoms with Crippen molar-refractivity contribution in [1.82, 2.24) is 4.90 Å². The maximum absolute atomic E-state index is 12.3. The van der Waals surface area contributed by atoms with E-state index in [0.717, 1.165) is 37.3 Å². The fourth-order valence-electron chi connectivity index (χ4n) is 3.29. The Morgan fingerprint density at radius 2 is 1.96 bits per heavy atom. The third kappa shape index (κ3) is 4.18. The van der Waals surface area contributed by atoms with Gasteiger partial charge in [-0.1, -0.05) is 12.1 Å². The Hall–Kier alpha value is -1.11. The summed E-state index contributed by atoms with van der Waals surface area (Å²) in [6.07, 6.45) is 1.74. The van der Waals surface area contributed by atoms with Gasteiger partial charge in [-0.3, -0.25) is 9.29 Å². The zero-order chi connectivity index (χ0) is 18.1. The number of alkyl halides is 1. The average molecular weight is 349 g/mol. The Balaban J connectivity index is 1.61. The molecule has 1 atom stereocenters. The molecule has 3 rings (SSSR count). The summed E-state index contributed by atoms with van der Waals surface area (Å²) in [5, 5.41) is 0. The summed E-state index contributed by atoms with van der Waals surface area (Å²) >= 11 is 0. The fraction of sp³-hybridized carbons (Fsp3) is 0.684. The van der Waals surface area contributed by atoms with E-state index in [0.29, 0.717) is 6.42 Å². The first-order chi connectivity index (χ1) is 11.8. The van der Waals surface area contributed by atoms with Crippen LogP contribution < -0.4 is 10.2 Å². The molecule has 0 aromatic heterocycles. The number of nitrogens with zero attached hydrogens (tertiary/aromatic N) is 1. The second-order valence-corrected chi connectivity index (χ2v) is 8.03. The van der Waals surface area contributed by atoms with Gasteiger partial charge in [-0.2, -0.15) is 0 Å². The topological polar surface area (TPSA) is 30.9 Å². The first kappa shape index (κ1) is 18.7. The molecule has 0 spiro atoms. The van der Waals surface area contributed by atoms with Crippen LogP contribution in [0.1, 0.15) is 40.5 Å². The number of halogens is 1. The van der Waals surface area contributed by atoms with Crippen molar-refractivity contribution >= 4 is 12.6 Å². The zero-order valence-corrected chi connectivity index (χ0v) is 15.8. The maximum Gasteiger partial charge on any atom is 0.494 e. The summed E-state index contributed by atoms with van der Waals surface area (Å²) in [5.41, 5.74) is 0.275. The number of hydrogen-bond acceptors (Lipinski definition) is 4. The van der Waals surface area contributed by atoms with Crippen LogP contribution in [-0.2, 0) is 9.31 Å². The molecule has 4 nitrogen and oxygen atoms in total. The fourth-order valence-corrected chi connectivity index (χ4v) is 3.29. The van der Waals surface area contributed by atoms with Crippen LogP contribution in [0.4, 0.5) is 4.39 Å². The van der Waals surface area contributed by atoms with Gasteiger partial charge >= 0.3 is 7.12 Å². The molecule has 0 saturated carbocycles. The van der Waals surface area contributed by atoms with Crippen molar-refractivity contribution in [1.29, 1.82) is 0 Å². The summed E-state index contributed by atoms with van der Waals surface area (Å²) in [6, 6.07) is 7.97. The van der Waals surface area contributed by atoms with Crippen LogP contribution in [0.5, 0.6) is 5.75 Å². The molecule has 2 heterocycles. The van der Waals surface area contributed by atoms with Crippen molar-refractivity contribution in [3.05, 3.63) is 24.3 Å². The molecule has 2 aliphatic rings. The first-order valence-electron chi connectivity index (χ1n) is 9.21. The molecular weight excluding hydrogens is 320 g/mol. The molecule has 0 unspecified atom stereocenters. The Morgan fingerprint density at radius 3 is 2.64 bits per heavy atom. The monoisotopic (exact) mass is 349 g/mol. The van der Waals surface area contributed by atoms with Crippen molar-refractivity contribution in [2.24, 2.45) is 0 Å². The van der Waals surface area contributed by atoms with Gasteiger partial charge in [0.2, 0.25) is 0 Å². The van der Waals surface area contributed by atoms with Gasteiger partial charge in [-0.25, -0.2) is 0 Å². The minimum Gasteiger partial charge on any atom is -0.489 e. The number of likely N-dealkylation sites (tertiary alicyclic amines) is 1. The molecule has 0 aliphatic carbocycles. The number of benzene rings is 1. The van der Waals surface area contributed by atoms with Crippen molar-refractivity contribution in [2.45, 2.75) is 57.8 Å². The van der Waals surface area contributed by atoms with Crippen molar-refractivity contribution < 1.29 is 18.4 Å². The number of rotatable bonds is 6. The van der Waals surface area contributed by atoms with E-state index in [1.165, 1.54) is 0 Å². The number of hydrogen-bond donors (Lipinski definition) is 0. The molecule has 0 bridgehead atoms. The SMILES string of the molecule is CC1(C)OB(c2cccc(O[C@@H]3CCN(CCCF)C3)c2)OC1(C)C. The maximum atomic E-state index is 12.3. The quantitative estimate of drug-likeness (QED) is 0.739. The molecule has 25 heavy (non-hydrogen) atoms. The Labute approximate surface area is 150 Å². The first-order valence-corrected chi connectivity index (χ1v) is 9.21. The lowest BCUT2D eigenvalue weighted by atomic mass is 9.79. The molecule has 2 aliphatic heterocycles. The van der Waals surface area contributed by atoms with E-state index in [1.54, 1.807) is 0 Å². The normalized spacial score (nSPS) is 25.5. The largest absolute Gasteiger partial charge is 0.494 e. The standard InChI is InChI=1S/C19H29BFNO3/c1-18(2)19(3,4)25-20(24-18)15-7-5-8-16(13-15)23-17-9-12-22(14-17)11-6-10-21/h5,7-8,13,17H,6,9-12,14H2,1-4H3/t17-/m1/s1. The van der Waals surface area contributed by atoms with Gasteiger partial charge in [0.1, 0.15) is 11.9 Å². The van der Waals surface area contributed by atoms with Gasteiger partial charge in [0, 0.05) is 19.6 Å². The third-order valence-corrected chi connectivity index (χ3v) is 5.52. The van der Waals surface area contributed by atoms with Gasteiger partial charge in [0.15, 0.2) is 0 Å². The minimum absolute atomic E-state index is 0.160. The van der Waals surface area contributed by atoms with Crippen LogP contribution in [0.2, 0.25) is 0 Å². The van der Waals surface area contributed by atoms with Crippen molar-refractivity contribution in [2.75, 3.05) is 26.3 Å². The number of ether oxygens (including phenoxy) is 1. The third-order valence-electron chi connectivity index (χ3n) is 5.52. The lowest BCUT2D eigenvalue weighted by Crippen LogP contribution is -2.41. The molecule has 0 radical (unpaired) electrons. The highest BCUT2D eigenvalue weighted by Gasteiger charge is 2.51. The lowest BCUT2D eigenvalue weighted by Gasteiger charge is -2.32. The van der Waals surface area contributed by atoms with E-state index in [-0.39, 0.29) is 31.1 Å². The van der Waals surface area contributed by atoms with Crippen LogP contribution >= 0.6 is 0 Å². The Kier molecular flexibility index (Phi) is 5.42. The Bertz CT molecular complexity index is 580. The van der Waals surface area contributed by atoms with E-state index in [2.05, 4.69) is 32.6 Å². The van der Waals surface area contributed by atoms with E-state index < -0.39 is 0 Å². The summed E-state index contributed by atoms with van der Waals surface area (Å²) < 4.78 is 30.7. The molecular formula is C19H29BFNO3. The van der Waals surface area contributed by atoms with Gasteiger partial charge in [0.25, 0.3) is 0 Å². The second kappa shape index (κ2) is 7.26.